The molecule has 43 heavy (non-hydrogen) atoms. The van der Waals surface area contributed by atoms with Crippen LogP contribution in [0.3, 0.4) is 0 Å². The molecule has 2 bridgehead atoms. The molecule has 1 aliphatic heterocycles. The molecule has 13 heteroatoms. The minimum absolute atomic E-state index is 0.0143. The number of thioether (sulfide) groups is 1. The third kappa shape index (κ3) is 9.26. The van der Waals surface area contributed by atoms with Gasteiger partial charge in [0.15, 0.2) is 0 Å². The van der Waals surface area contributed by atoms with Gasteiger partial charge < -0.3 is 25.4 Å². The maximum Gasteiger partial charge on any atom is 0.255 e. The highest BCUT2D eigenvalue weighted by Gasteiger charge is 2.25. The van der Waals surface area contributed by atoms with Gasteiger partial charge in [0.05, 0.1) is 24.4 Å². The summed E-state index contributed by atoms with van der Waals surface area (Å²) in [5.74, 6) is -0.993. The number of aliphatic hydroxyl groups is 1. The standard InChI is InChI=1S/C30H37FN6O5S/c1-20(2)17-26-29(40)32-10-12-36(30(41)21-3-6-24(7-4-21)43-16-14-38)11-9-23-19-37(35-34-23)13-15-42-27-8-5-22(31)18-25(27)28(39)33-26/h3-8,18-20,26,38H,9-17H2,1-2H3,(H,32,40)(H,33,39)/t26-/m1/s1. The molecule has 3 aromatic rings. The molecule has 1 aromatic heterocycles. The van der Waals surface area contributed by atoms with Gasteiger partial charge in [0.1, 0.15) is 24.2 Å². The van der Waals surface area contributed by atoms with Crippen LogP contribution < -0.4 is 15.4 Å². The summed E-state index contributed by atoms with van der Waals surface area (Å²) in [6.07, 6.45) is 2.57. The zero-order valence-corrected chi connectivity index (χ0v) is 25.1. The number of ether oxygens (including phenoxy) is 1. The van der Waals surface area contributed by atoms with E-state index < -0.39 is 23.7 Å². The second-order valence-corrected chi connectivity index (χ2v) is 11.7. The van der Waals surface area contributed by atoms with Crippen molar-refractivity contribution in [3.05, 3.63) is 71.3 Å². The number of hydrogen-bond acceptors (Lipinski definition) is 8. The molecule has 2 aromatic carbocycles. The average molecular weight is 613 g/mol. The first-order chi connectivity index (χ1) is 20.7. The minimum atomic E-state index is -0.875. The lowest BCUT2D eigenvalue weighted by atomic mass is 10.0. The summed E-state index contributed by atoms with van der Waals surface area (Å²) in [5.41, 5.74) is 1.16. The molecule has 2 heterocycles. The van der Waals surface area contributed by atoms with Gasteiger partial charge in [0, 0.05) is 48.5 Å². The molecule has 0 saturated heterocycles. The van der Waals surface area contributed by atoms with Crippen molar-refractivity contribution < 1.29 is 28.6 Å². The number of fused-ring (bicyclic) bond motifs is 3. The van der Waals surface area contributed by atoms with Gasteiger partial charge in [-0.25, -0.2) is 9.07 Å². The van der Waals surface area contributed by atoms with Crippen molar-refractivity contribution in [1.82, 2.24) is 30.5 Å². The van der Waals surface area contributed by atoms with Crippen LogP contribution in [0.1, 0.15) is 46.7 Å². The summed E-state index contributed by atoms with van der Waals surface area (Å²) in [6, 6.07) is 9.99. The van der Waals surface area contributed by atoms with Crippen LogP contribution in [0.25, 0.3) is 0 Å². The predicted molar refractivity (Wildman–Crippen MR) is 159 cm³/mol. The molecule has 0 radical (unpaired) electrons. The number of nitrogens with one attached hydrogen (secondary N) is 2. The van der Waals surface area contributed by atoms with Gasteiger partial charge >= 0.3 is 0 Å². The first-order valence-corrected chi connectivity index (χ1v) is 15.2. The zero-order valence-electron chi connectivity index (χ0n) is 24.3. The number of benzene rings is 2. The van der Waals surface area contributed by atoms with Gasteiger partial charge in [0.2, 0.25) is 5.91 Å². The first kappa shape index (κ1) is 32.0. The highest BCUT2D eigenvalue weighted by Crippen LogP contribution is 2.21. The van der Waals surface area contributed by atoms with Crippen LogP contribution in [0.2, 0.25) is 0 Å². The molecular weight excluding hydrogens is 575 g/mol. The Bertz CT molecular complexity index is 1400. The molecular formula is C30H37FN6O5S. The third-order valence-corrected chi connectivity index (χ3v) is 7.74. The van der Waals surface area contributed by atoms with E-state index in [1.54, 1.807) is 27.9 Å². The van der Waals surface area contributed by atoms with Crippen molar-refractivity contribution in [3.8, 4) is 5.75 Å². The molecule has 0 spiro atoms. The van der Waals surface area contributed by atoms with E-state index in [1.807, 2.05) is 26.0 Å². The first-order valence-electron chi connectivity index (χ1n) is 14.3. The van der Waals surface area contributed by atoms with Crippen LogP contribution in [0.15, 0.2) is 53.6 Å². The Balaban J connectivity index is 1.56. The summed E-state index contributed by atoms with van der Waals surface area (Å²) < 4.78 is 21.5. The molecule has 4 rings (SSSR count). The zero-order chi connectivity index (χ0) is 30.8. The van der Waals surface area contributed by atoms with Crippen molar-refractivity contribution >= 4 is 29.5 Å². The largest absolute Gasteiger partial charge is 0.491 e. The number of halogens is 1. The molecule has 0 fully saturated rings. The molecule has 0 unspecified atom stereocenters. The van der Waals surface area contributed by atoms with E-state index in [1.165, 1.54) is 23.9 Å². The van der Waals surface area contributed by atoms with Crippen molar-refractivity contribution in [1.29, 1.82) is 0 Å². The Morgan fingerprint density at radius 1 is 1.16 bits per heavy atom. The molecule has 3 amide bonds. The van der Waals surface area contributed by atoms with E-state index >= 15 is 0 Å². The summed E-state index contributed by atoms with van der Waals surface area (Å²) in [6.45, 7) is 5.12. The van der Waals surface area contributed by atoms with E-state index in [0.717, 1.165) is 11.0 Å². The Labute approximate surface area is 254 Å². The van der Waals surface area contributed by atoms with Crippen LogP contribution in [0.4, 0.5) is 4.39 Å². The smallest absolute Gasteiger partial charge is 0.255 e. The van der Waals surface area contributed by atoms with Gasteiger partial charge in [-0.05, 0) is 54.8 Å². The van der Waals surface area contributed by atoms with Crippen LogP contribution in [0, 0.1) is 11.7 Å². The van der Waals surface area contributed by atoms with Crippen LogP contribution >= 0.6 is 11.8 Å². The number of rotatable bonds is 6. The Hall–Kier alpha value is -3.97. The van der Waals surface area contributed by atoms with Gasteiger partial charge in [-0.3, -0.25) is 14.4 Å². The summed E-state index contributed by atoms with van der Waals surface area (Å²) in [4.78, 5) is 42.6. The molecule has 0 saturated carbocycles. The number of carbonyl (C=O) groups is 3. The topological polar surface area (TPSA) is 139 Å². The van der Waals surface area contributed by atoms with E-state index in [4.69, 9.17) is 9.84 Å². The monoisotopic (exact) mass is 612 g/mol. The lowest BCUT2D eigenvalue weighted by molar-refractivity contribution is -0.123. The van der Waals surface area contributed by atoms with Gasteiger partial charge in [-0.15, -0.1) is 16.9 Å². The Morgan fingerprint density at radius 3 is 2.70 bits per heavy atom. The number of aliphatic hydroxyl groups excluding tert-OH is 1. The summed E-state index contributed by atoms with van der Waals surface area (Å²) in [5, 5.41) is 23.0. The molecule has 3 N–H and O–H groups in total. The fourth-order valence-electron chi connectivity index (χ4n) is 4.60. The fourth-order valence-corrected chi connectivity index (χ4v) is 5.25. The SMILES string of the molecule is CC(C)C[C@H]1NC(=O)c2cc(F)ccc2OCCn2cc(nn2)CCN(C(=O)c2ccc(SCCO)cc2)CCNC1=O. The average Bonchev–Trinajstić information content (AvgIpc) is 3.44. The Morgan fingerprint density at radius 2 is 1.95 bits per heavy atom. The predicted octanol–water partition coefficient (Wildman–Crippen LogP) is 2.54. The van der Waals surface area contributed by atoms with Crippen LogP contribution in [-0.4, -0.2) is 87.4 Å². The summed E-state index contributed by atoms with van der Waals surface area (Å²) in [7, 11) is 0. The number of carbonyl (C=O) groups excluding carboxylic acids is 3. The number of hydrogen-bond donors (Lipinski definition) is 3. The minimum Gasteiger partial charge on any atom is -0.491 e. The lowest BCUT2D eigenvalue weighted by Crippen LogP contribution is -2.49. The lowest BCUT2D eigenvalue weighted by Gasteiger charge is -2.25. The quantitative estimate of drug-likeness (QED) is 0.361. The van der Waals surface area contributed by atoms with Crippen molar-refractivity contribution in [2.75, 3.05) is 38.6 Å². The maximum absolute atomic E-state index is 14.1. The molecule has 230 valence electrons. The van der Waals surface area contributed by atoms with Gasteiger partial charge in [0.25, 0.3) is 11.8 Å². The molecule has 1 aliphatic rings. The molecule has 0 aliphatic carbocycles. The number of aromatic nitrogens is 3. The highest BCUT2D eigenvalue weighted by atomic mass is 32.2. The van der Waals surface area contributed by atoms with Gasteiger partial charge in [-0.2, -0.15) is 0 Å². The van der Waals surface area contributed by atoms with Crippen LogP contribution in [0.5, 0.6) is 5.75 Å². The van der Waals surface area contributed by atoms with Crippen molar-refractivity contribution in [3.63, 3.8) is 0 Å². The third-order valence-electron chi connectivity index (χ3n) is 6.75. The van der Waals surface area contributed by atoms with E-state index in [9.17, 15) is 18.8 Å². The van der Waals surface area contributed by atoms with E-state index in [-0.39, 0.29) is 49.4 Å². The van der Waals surface area contributed by atoms with E-state index in [2.05, 4.69) is 20.9 Å². The van der Waals surface area contributed by atoms with Crippen molar-refractivity contribution in [2.45, 2.75) is 44.2 Å². The Kier molecular flexibility index (Phi) is 11.5. The fraction of sp³-hybridized carbons (Fsp3) is 0.433. The highest BCUT2D eigenvalue weighted by molar-refractivity contribution is 7.99. The van der Waals surface area contributed by atoms with E-state index in [0.29, 0.717) is 42.9 Å². The van der Waals surface area contributed by atoms with Gasteiger partial charge in [-0.1, -0.05) is 19.1 Å². The number of nitrogens with zero attached hydrogens (tertiary/aromatic N) is 4. The van der Waals surface area contributed by atoms with Crippen molar-refractivity contribution in [2.24, 2.45) is 5.92 Å². The molecule has 11 nitrogen and oxygen atoms in total. The second kappa shape index (κ2) is 15.5. The maximum atomic E-state index is 14.1. The van der Waals surface area contributed by atoms with Crippen LogP contribution in [-0.2, 0) is 17.8 Å². The number of amides is 3. The summed E-state index contributed by atoms with van der Waals surface area (Å²) >= 11 is 1.50. The molecule has 1 atom stereocenters. The second-order valence-electron chi connectivity index (χ2n) is 10.5. The normalized spacial score (nSPS) is 16.9.